The average Bonchev–Trinajstić information content (AvgIpc) is 2.47. The highest BCUT2D eigenvalue weighted by atomic mass is 35.5. The van der Waals surface area contributed by atoms with E-state index in [0.717, 1.165) is 11.1 Å². The molecule has 21 heavy (non-hydrogen) atoms. The third-order valence-electron chi connectivity index (χ3n) is 3.20. The Morgan fingerprint density at radius 2 is 2.05 bits per heavy atom. The first kappa shape index (κ1) is 15.3. The normalized spacial score (nSPS) is 11.0. The zero-order valence-corrected chi connectivity index (χ0v) is 12.6. The van der Waals surface area contributed by atoms with E-state index in [-0.39, 0.29) is 11.5 Å². The molecule has 0 saturated carbocycles. The first-order valence-electron chi connectivity index (χ1n) is 6.77. The van der Waals surface area contributed by atoms with E-state index in [0.29, 0.717) is 23.4 Å². The molecule has 3 heteroatoms. The van der Waals surface area contributed by atoms with Gasteiger partial charge in [0.25, 0.3) is 0 Å². The van der Waals surface area contributed by atoms with Crippen LogP contribution in [0.2, 0.25) is 0 Å². The van der Waals surface area contributed by atoms with Crippen LogP contribution in [0.1, 0.15) is 27.0 Å². The van der Waals surface area contributed by atoms with E-state index < -0.39 is 0 Å². The van der Waals surface area contributed by atoms with Gasteiger partial charge in [0.05, 0.1) is 0 Å². The van der Waals surface area contributed by atoms with Gasteiger partial charge in [-0.2, -0.15) is 0 Å². The van der Waals surface area contributed by atoms with Gasteiger partial charge < -0.3 is 5.11 Å². The zero-order chi connectivity index (χ0) is 15.2. The van der Waals surface area contributed by atoms with Crippen LogP contribution in [0.4, 0.5) is 0 Å². The van der Waals surface area contributed by atoms with Crippen LogP contribution in [-0.4, -0.2) is 16.8 Å². The molecule has 2 rings (SSSR count). The Kier molecular flexibility index (Phi) is 5.18. The topological polar surface area (TPSA) is 37.3 Å². The van der Waals surface area contributed by atoms with Crippen LogP contribution >= 0.6 is 11.6 Å². The fourth-order valence-corrected chi connectivity index (χ4v) is 2.29. The standard InChI is InChI=1S/C18H17ClO2/c1-13-3-2-4-14(11-13)5-7-17(20)15-6-8-18(21)16(12-15)9-10-19/h2-8,11-12,21H,9-10H2,1H3. The minimum Gasteiger partial charge on any atom is -0.508 e. The van der Waals surface area contributed by atoms with Crippen molar-refractivity contribution in [3.05, 3.63) is 70.8 Å². The maximum atomic E-state index is 12.2. The van der Waals surface area contributed by atoms with Crippen LogP contribution in [0.25, 0.3) is 6.08 Å². The number of phenols is 1. The lowest BCUT2D eigenvalue weighted by Crippen LogP contribution is -1.97. The summed E-state index contributed by atoms with van der Waals surface area (Å²) in [5.41, 5.74) is 3.39. The number of hydrogen-bond acceptors (Lipinski definition) is 2. The zero-order valence-electron chi connectivity index (χ0n) is 11.8. The highest BCUT2D eigenvalue weighted by Gasteiger charge is 2.07. The molecule has 0 spiro atoms. The number of carbonyl (C=O) groups excluding carboxylic acids is 1. The molecule has 0 bridgehead atoms. The summed E-state index contributed by atoms with van der Waals surface area (Å²) < 4.78 is 0. The molecule has 0 aliphatic heterocycles. The summed E-state index contributed by atoms with van der Waals surface area (Å²) in [5, 5.41) is 9.70. The molecular weight excluding hydrogens is 284 g/mol. The van der Waals surface area contributed by atoms with E-state index in [1.165, 1.54) is 6.07 Å². The smallest absolute Gasteiger partial charge is 0.185 e. The summed E-state index contributed by atoms with van der Waals surface area (Å²) in [6.45, 7) is 2.01. The number of allylic oxidation sites excluding steroid dienone is 1. The lowest BCUT2D eigenvalue weighted by molar-refractivity contribution is 0.104. The Bertz CT molecular complexity index is 675. The average molecular weight is 301 g/mol. The molecule has 0 fully saturated rings. The molecular formula is C18H17ClO2. The molecule has 0 aromatic heterocycles. The van der Waals surface area contributed by atoms with Crippen LogP contribution in [-0.2, 0) is 6.42 Å². The van der Waals surface area contributed by atoms with Crippen LogP contribution in [0.3, 0.4) is 0 Å². The fraction of sp³-hybridized carbons (Fsp3) is 0.167. The van der Waals surface area contributed by atoms with E-state index >= 15 is 0 Å². The SMILES string of the molecule is Cc1cccc(C=CC(=O)c2ccc(O)c(CCCl)c2)c1. The number of benzene rings is 2. The van der Waals surface area contributed by atoms with E-state index in [4.69, 9.17) is 11.6 Å². The number of halogens is 1. The summed E-state index contributed by atoms with van der Waals surface area (Å²) in [6, 6.07) is 12.8. The Morgan fingerprint density at radius 1 is 1.24 bits per heavy atom. The lowest BCUT2D eigenvalue weighted by Gasteiger charge is -2.04. The summed E-state index contributed by atoms with van der Waals surface area (Å²) in [6.07, 6.45) is 3.88. The molecule has 0 heterocycles. The van der Waals surface area contributed by atoms with E-state index in [2.05, 4.69) is 0 Å². The molecule has 0 amide bonds. The van der Waals surface area contributed by atoms with Crippen LogP contribution in [0.15, 0.2) is 48.5 Å². The number of phenolic OH excluding ortho intramolecular Hbond substituents is 1. The van der Waals surface area contributed by atoms with Gasteiger partial charge in [0.2, 0.25) is 0 Å². The second-order valence-electron chi connectivity index (χ2n) is 4.89. The summed E-state index contributed by atoms with van der Waals surface area (Å²) in [4.78, 5) is 12.2. The molecule has 0 radical (unpaired) electrons. The lowest BCUT2D eigenvalue weighted by atomic mass is 10.0. The van der Waals surface area contributed by atoms with Gasteiger partial charge in [0.1, 0.15) is 5.75 Å². The second-order valence-corrected chi connectivity index (χ2v) is 5.27. The fourth-order valence-electron chi connectivity index (χ4n) is 2.08. The van der Waals surface area contributed by atoms with Gasteiger partial charge >= 0.3 is 0 Å². The van der Waals surface area contributed by atoms with Gasteiger partial charge in [-0.15, -0.1) is 11.6 Å². The molecule has 0 atom stereocenters. The number of carbonyl (C=O) groups is 1. The molecule has 0 aliphatic rings. The van der Waals surface area contributed by atoms with Gasteiger partial charge in [0, 0.05) is 11.4 Å². The predicted molar refractivity (Wildman–Crippen MR) is 87.1 cm³/mol. The third-order valence-corrected chi connectivity index (χ3v) is 3.39. The molecule has 2 nitrogen and oxygen atoms in total. The number of aryl methyl sites for hydroxylation is 2. The van der Waals surface area contributed by atoms with Crippen molar-refractivity contribution in [3.8, 4) is 5.75 Å². The number of rotatable bonds is 5. The van der Waals surface area contributed by atoms with Crippen molar-refractivity contribution in [3.63, 3.8) is 0 Å². The highest BCUT2D eigenvalue weighted by molar-refractivity contribution is 6.18. The Hall–Kier alpha value is -2.06. The third kappa shape index (κ3) is 4.20. The molecule has 0 aliphatic carbocycles. The molecule has 0 unspecified atom stereocenters. The minimum atomic E-state index is -0.0904. The maximum absolute atomic E-state index is 12.2. The predicted octanol–water partition coefficient (Wildman–Crippen LogP) is 4.38. The molecule has 1 N–H and O–H groups in total. The molecule has 2 aromatic carbocycles. The van der Waals surface area contributed by atoms with E-state index in [9.17, 15) is 9.90 Å². The van der Waals surface area contributed by atoms with Crippen molar-refractivity contribution in [2.75, 3.05) is 5.88 Å². The molecule has 0 saturated heterocycles. The van der Waals surface area contributed by atoms with E-state index in [1.54, 1.807) is 24.3 Å². The van der Waals surface area contributed by atoms with Crippen molar-refractivity contribution in [2.24, 2.45) is 0 Å². The Morgan fingerprint density at radius 3 is 2.76 bits per heavy atom. The monoisotopic (exact) mass is 300 g/mol. The number of aromatic hydroxyl groups is 1. The molecule has 108 valence electrons. The second kappa shape index (κ2) is 7.09. The van der Waals surface area contributed by atoms with Gasteiger partial charge in [-0.3, -0.25) is 4.79 Å². The van der Waals surface area contributed by atoms with Crippen molar-refractivity contribution in [1.82, 2.24) is 0 Å². The summed E-state index contributed by atoms with van der Waals surface area (Å²) >= 11 is 5.69. The first-order chi connectivity index (χ1) is 10.1. The van der Waals surface area contributed by atoms with Gasteiger partial charge in [-0.25, -0.2) is 0 Å². The van der Waals surface area contributed by atoms with Gasteiger partial charge in [-0.1, -0.05) is 35.9 Å². The quantitative estimate of drug-likeness (QED) is 0.505. The minimum absolute atomic E-state index is 0.0904. The molecule has 2 aromatic rings. The van der Waals surface area contributed by atoms with Crippen molar-refractivity contribution >= 4 is 23.5 Å². The summed E-state index contributed by atoms with van der Waals surface area (Å²) in [7, 11) is 0. The summed E-state index contributed by atoms with van der Waals surface area (Å²) in [5.74, 6) is 0.492. The number of hydrogen-bond donors (Lipinski definition) is 1. The van der Waals surface area contributed by atoms with Crippen molar-refractivity contribution in [1.29, 1.82) is 0 Å². The largest absolute Gasteiger partial charge is 0.508 e. The van der Waals surface area contributed by atoms with Gasteiger partial charge in [-0.05, 0) is 48.7 Å². The number of ketones is 1. The Balaban J connectivity index is 2.18. The van der Waals surface area contributed by atoms with Crippen LogP contribution < -0.4 is 0 Å². The maximum Gasteiger partial charge on any atom is 0.185 e. The van der Waals surface area contributed by atoms with Crippen molar-refractivity contribution in [2.45, 2.75) is 13.3 Å². The Labute approximate surface area is 129 Å². The van der Waals surface area contributed by atoms with E-state index in [1.807, 2.05) is 31.2 Å². The first-order valence-corrected chi connectivity index (χ1v) is 7.30. The van der Waals surface area contributed by atoms with Gasteiger partial charge in [0.15, 0.2) is 5.78 Å². The van der Waals surface area contributed by atoms with Crippen molar-refractivity contribution < 1.29 is 9.90 Å². The van der Waals surface area contributed by atoms with Crippen LogP contribution in [0, 0.1) is 6.92 Å². The van der Waals surface area contributed by atoms with Crippen LogP contribution in [0.5, 0.6) is 5.75 Å². The highest BCUT2D eigenvalue weighted by Crippen LogP contribution is 2.20. The number of alkyl halides is 1.